The fourth-order valence-electron chi connectivity index (χ4n) is 1.03. The summed E-state index contributed by atoms with van der Waals surface area (Å²) in [4.78, 5) is 14.7. The van der Waals surface area contributed by atoms with Gasteiger partial charge in [-0.25, -0.2) is 4.98 Å². The van der Waals surface area contributed by atoms with Crippen molar-refractivity contribution in [3.8, 4) is 5.88 Å². The van der Waals surface area contributed by atoms with Crippen molar-refractivity contribution < 1.29 is 22.7 Å². The van der Waals surface area contributed by atoms with E-state index in [4.69, 9.17) is 4.74 Å². The molecule has 88 valence electrons. The zero-order chi connectivity index (χ0) is 12.2. The van der Waals surface area contributed by atoms with E-state index in [2.05, 4.69) is 10.3 Å². The SMILES string of the molecule is COc1ncccc1NC(=O)CC(F)(F)F. The van der Waals surface area contributed by atoms with Gasteiger partial charge in [0.05, 0.1) is 7.11 Å². The molecule has 7 heteroatoms. The molecule has 0 aliphatic heterocycles. The summed E-state index contributed by atoms with van der Waals surface area (Å²) in [5.74, 6) is -1.09. The normalized spacial score (nSPS) is 11.0. The Labute approximate surface area is 89.4 Å². The van der Waals surface area contributed by atoms with Crippen LogP contribution in [0.2, 0.25) is 0 Å². The van der Waals surface area contributed by atoms with Crippen molar-refractivity contribution in [3.05, 3.63) is 18.3 Å². The Kier molecular flexibility index (Phi) is 3.70. The smallest absolute Gasteiger partial charge is 0.397 e. The number of hydrogen-bond acceptors (Lipinski definition) is 3. The molecule has 1 N–H and O–H groups in total. The summed E-state index contributed by atoms with van der Waals surface area (Å²) in [5, 5.41) is 2.07. The predicted molar refractivity (Wildman–Crippen MR) is 50.1 cm³/mol. The van der Waals surface area contributed by atoms with Gasteiger partial charge in [-0.3, -0.25) is 4.79 Å². The van der Waals surface area contributed by atoms with Gasteiger partial charge >= 0.3 is 6.18 Å². The summed E-state index contributed by atoms with van der Waals surface area (Å²) in [5.41, 5.74) is 0.110. The van der Waals surface area contributed by atoms with Gasteiger partial charge in [0.15, 0.2) is 0 Å². The predicted octanol–water partition coefficient (Wildman–Crippen LogP) is 1.98. The maximum atomic E-state index is 11.9. The number of aromatic nitrogens is 1. The summed E-state index contributed by atoms with van der Waals surface area (Å²) in [7, 11) is 1.31. The number of anilines is 1. The maximum Gasteiger partial charge on any atom is 0.397 e. The molecule has 0 atom stereocenters. The van der Waals surface area contributed by atoms with Gasteiger partial charge in [0.2, 0.25) is 11.8 Å². The molecule has 0 fully saturated rings. The van der Waals surface area contributed by atoms with Gasteiger partial charge in [0.25, 0.3) is 0 Å². The third-order valence-corrected chi connectivity index (χ3v) is 1.60. The van der Waals surface area contributed by atoms with Gasteiger partial charge in [0.1, 0.15) is 12.1 Å². The van der Waals surface area contributed by atoms with Gasteiger partial charge in [-0.1, -0.05) is 0 Å². The number of ether oxygens (including phenoxy) is 1. The van der Waals surface area contributed by atoms with Crippen molar-refractivity contribution in [1.82, 2.24) is 4.98 Å². The molecule has 1 amide bonds. The lowest BCUT2D eigenvalue weighted by molar-refractivity contribution is -0.150. The molecule has 0 aliphatic rings. The minimum atomic E-state index is -4.53. The number of pyridine rings is 1. The summed E-state index contributed by atoms with van der Waals surface area (Å²) in [6.45, 7) is 0. The first-order valence-electron chi connectivity index (χ1n) is 4.28. The van der Waals surface area contributed by atoms with Crippen LogP contribution >= 0.6 is 0 Å². The summed E-state index contributed by atoms with van der Waals surface area (Å²) in [6.07, 6.45) is -4.66. The molecule has 4 nitrogen and oxygen atoms in total. The lowest BCUT2D eigenvalue weighted by Gasteiger charge is -2.09. The van der Waals surface area contributed by atoms with Crippen molar-refractivity contribution in [2.75, 3.05) is 12.4 Å². The van der Waals surface area contributed by atoms with E-state index < -0.39 is 18.5 Å². The third kappa shape index (κ3) is 3.76. The lowest BCUT2D eigenvalue weighted by atomic mass is 10.3. The first-order chi connectivity index (χ1) is 7.42. The Hall–Kier alpha value is -1.79. The van der Waals surface area contributed by atoms with E-state index >= 15 is 0 Å². The molecule has 1 heterocycles. The number of nitrogens with one attached hydrogen (secondary N) is 1. The van der Waals surface area contributed by atoms with Gasteiger partial charge in [-0.15, -0.1) is 0 Å². The highest BCUT2D eigenvalue weighted by atomic mass is 19.4. The molecular weight excluding hydrogens is 225 g/mol. The minimum Gasteiger partial charge on any atom is -0.480 e. The van der Waals surface area contributed by atoms with E-state index in [1.807, 2.05) is 0 Å². The lowest BCUT2D eigenvalue weighted by Crippen LogP contribution is -2.21. The fraction of sp³-hybridized carbons (Fsp3) is 0.333. The molecule has 0 saturated heterocycles. The second-order valence-corrected chi connectivity index (χ2v) is 2.90. The van der Waals surface area contributed by atoms with Crippen molar-refractivity contribution in [3.63, 3.8) is 0 Å². The topological polar surface area (TPSA) is 51.2 Å². The molecule has 0 unspecified atom stereocenters. The maximum absolute atomic E-state index is 11.9. The highest BCUT2D eigenvalue weighted by Crippen LogP contribution is 2.23. The van der Waals surface area contributed by atoms with E-state index in [1.165, 1.54) is 25.4 Å². The molecule has 0 saturated carbocycles. The summed E-state index contributed by atoms with van der Waals surface area (Å²) >= 11 is 0. The van der Waals surface area contributed by atoms with Crippen LogP contribution in [-0.4, -0.2) is 24.2 Å². The molecule has 0 bridgehead atoms. The molecule has 1 aromatic rings. The Morgan fingerprint density at radius 2 is 2.25 bits per heavy atom. The van der Waals surface area contributed by atoms with Crippen LogP contribution in [0.5, 0.6) is 5.88 Å². The average Bonchev–Trinajstić information content (AvgIpc) is 2.15. The van der Waals surface area contributed by atoms with Crippen LogP contribution < -0.4 is 10.1 Å². The van der Waals surface area contributed by atoms with Crippen LogP contribution in [0.1, 0.15) is 6.42 Å². The number of methoxy groups -OCH3 is 1. The molecule has 0 spiro atoms. The molecular formula is C9H9F3N2O2. The number of nitrogens with zero attached hydrogens (tertiary/aromatic N) is 1. The van der Waals surface area contributed by atoms with Gasteiger partial charge in [-0.2, -0.15) is 13.2 Å². The number of carbonyl (C=O) groups excluding carboxylic acids is 1. The third-order valence-electron chi connectivity index (χ3n) is 1.60. The monoisotopic (exact) mass is 234 g/mol. The fourth-order valence-corrected chi connectivity index (χ4v) is 1.03. The minimum absolute atomic E-state index is 0.0676. The number of halogens is 3. The molecule has 16 heavy (non-hydrogen) atoms. The Bertz CT molecular complexity index is 379. The van der Waals surface area contributed by atoms with Crippen molar-refractivity contribution in [1.29, 1.82) is 0 Å². The second kappa shape index (κ2) is 4.82. The van der Waals surface area contributed by atoms with Gasteiger partial charge in [0, 0.05) is 6.20 Å². The van der Waals surface area contributed by atoms with Crippen molar-refractivity contribution in [2.24, 2.45) is 0 Å². The molecule has 0 radical (unpaired) electrons. The zero-order valence-electron chi connectivity index (χ0n) is 8.34. The van der Waals surface area contributed by atoms with E-state index in [-0.39, 0.29) is 11.6 Å². The first kappa shape index (κ1) is 12.3. The van der Waals surface area contributed by atoms with Crippen LogP contribution in [0.25, 0.3) is 0 Å². The number of amides is 1. The Morgan fingerprint density at radius 3 is 2.81 bits per heavy atom. The van der Waals surface area contributed by atoms with Crippen molar-refractivity contribution >= 4 is 11.6 Å². The first-order valence-corrected chi connectivity index (χ1v) is 4.28. The molecule has 0 aliphatic carbocycles. The van der Waals surface area contributed by atoms with Crippen LogP contribution in [0, 0.1) is 0 Å². The average molecular weight is 234 g/mol. The van der Waals surface area contributed by atoms with Gasteiger partial charge in [-0.05, 0) is 12.1 Å². The van der Waals surface area contributed by atoms with Crippen LogP contribution in [0.15, 0.2) is 18.3 Å². The zero-order valence-corrected chi connectivity index (χ0v) is 8.34. The van der Waals surface area contributed by atoms with Crippen molar-refractivity contribution in [2.45, 2.75) is 12.6 Å². The van der Waals surface area contributed by atoms with Crippen LogP contribution in [0.3, 0.4) is 0 Å². The van der Waals surface area contributed by atoms with E-state index in [9.17, 15) is 18.0 Å². The largest absolute Gasteiger partial charge is 0.480 e. The molecule has 1 aromatic heterocycles. The number of alkyl halides is 3. The van der Waals surface area contributed by atoms with Gasteiger partial charge < -0.3 is 10.1 Å². The number of carbonyl (C=O) groups is 1. The van der Waals surface area contributed by atoms with E-state index in [0.29, 0.717) is 0 Å². The number of hydrogen-bond donors (Lipinski definition) is 1. The number of rotatable bonds is 3. The molecule has 1 rings (SSSR count). The second-order valence-electron chi connectivity index (χ2n) is 2.90. The summed E-state index contributed by atoms with van der Waals surface area (Å²) in [6, 6.07) is 2.88. The van der Waals surface area contributed by atoms with E-state index in [1.54, 1.807) is 0 Å². The van der Waals surface area contributed by atoms with Crippen LogP contribution in [0.4, 0.5) is 18.9 Å². The highest BCUT2D eigenvalue weighted by molar-refractivity contribution is 5.92. The quantitative estimate of drug-likeness (QED) is 0.869. The molecule has 0 aromatic carbocycles. The van der Waals surface area contributed by atoms with Crippen LogP contribution in [-0.2, 0) is 4.79 Å². The standard InChI is InChI=1S/C9H9F3N2O2/c1-16-8-6(3-2-4-13-8)14-7(15)5-9(10,11)12/h2-4H,5H2,1H3,(H,14,15). The summed E-state index contributed by atoms with van der Waals surface area (Å²) < 4.78 is 40.4. The van der Waals surface area contributed by atoms with E-state index in [0.717, 1.165) is 0 Å². The Balaban J connectivity index is 2.70. The highest BCUT2D eigenvalue weighted by Gasteiger charge is 2.31. The Morgan fingerprint density at radius 1 is 1.56 bits per heavy atom.